The first kappa shape index (κ1) is 19.6. The van der Waals surface area contributed by atoms with Gasteiger partial charge in [-0.25, -0.2) is 14.4 Å². The number of nitrogens with zero attached hydrogens (tertiary/aromatic N) is 6. The van der Waals surface area contributed by atoms with Gasteiger partial charge < -0.3 is 14.5 Å². The molecule has 1 saturated heterocycles. The lowest BCUT2D eigenvalue weighted by molar-refractivity contribution is -0.120. The Morgan fingerprint density at radius 1 is 1.29 bits per heavy atom. The highest BCUT2D eigenvalue weighted by molar-refractivity contribution is 6.04. The Morgan fingerprint density at radius 2 is 2.16 bits per heavy atom. The van der Waals surface area contributed by atoms with Crippen LogP contribution in [0.2, 0.25) is 0 Å². The molecule has 8 nitrogen and oxygen atoms in total. The number of amides is 1. The Bertz CT molecular complexity index is 1130. The lowest BCUT2D eigenvalue weighted by Gasteiger charge is -2.43. The number of carbonyl (C=O) groups is 1. The first-order valence-corrected chi connectivity index (χ1v) is 10.4. The fourth-order valence-electron chi connectivity index (χ4n) is 4.36. The van der Waals surface area contributed by atoms with Crippen LogP contribution in [0.15, 0.2) is 42.9 Å². The van der Waals surface area contributed by atoms with Crippen molar-refractivity contribution in [1.29, 1.82) is 0 Å². The highest BCUT2D eigenvalue weighted by atomic mass is 19.1. The number of hydrogen-bond donors (Lipinski definition) is 0. The SMILES string of the molecule is CC[C@@H]1C(=O)N(C)c2cnc(-n3ccnc3-c3cccc(F)c3)nc2N1C1CCOC1. The number of fused-ring (bicyclic) bond motifs is 1. The molecule has 2 aliphatic heterocycles. The van der Waals surface area contributed by atoms with Crippen LogP contribution in [0.4, 0.5) is 15.9 Å². The second-order valence-corrected chi connectivity index (χ2v) is 7.76. The van der Waals surface area contributed by atoms with E-state index in [9.17, 15) is 9.18 Å². The lowest BCUT2D eigenvalue weighted by atomic mass is 10.0. The van der Waals surface area contributed by atoms with Crippen LogP contribution in [0.25, 0.3) is 17.3 Å². The highest BCUT2D eigenvalue weighted by Crippen LogP contribution is 2.37. The summed E-state index contributed by atoms with van der Waals surface area (Å²) in [6.07, 6.45) is 6.56. The number of anilines is 2. The molecule has 5 rings (SSSR count). The lowest BCUT2D eigenvalue weighted by Crippen LogP contribution is -2.56. The minimum atomic E-state index is -0.336. The molecule has 1 aromatic carbocycles. The third-order valence-corrected chi connectivity index (χ3v) is 5.92. The van der Waals surface area contributed by atoms with E-state index in [1.165, 1.54) is 12.1 Å². The summed E-state index contributed by atoms with van der Waals surface area (Å²) in [6.45, 7) is 3.23. The predicted octanol–water partition coefficient (Wildman–Crippen LogP) is 2.82. The summed E-state index contributed by atoms with van der Waals surface area (Å²) in [5, 5.41) is 0. The Morgan fingerprint density at radius 3 is 2.90 bits per heavy atom. The average molecular weight is 422 g/mol. The number of ether oxygens (including phenoxy) is 1. The van der Waals surface area contributed by atoms with Gasteiger partial charge in [0.25, 0.3) is 0 Å². The van der Waals surface area contributed by atoms with Gasteiger partial charge in [-0.1, -0.05) is 19.1 Å². The molecule has 0 N–H and O–H groups in total. The maximum absolute atomic E-state index is 13.8. The molecule has 2 aromatic heterocycles. The first-order valence-electron chi connectivity index (χ1n) is 10.4. The van der Waals surface area contributed by atoms with Crippen LogP contribution in [-0.4, -0.2) is 57.8 Å². The van der Waals surface area contributed by atoms with Crippen molar-refractivity contribution in [2.45, 2.75) is 31.8 Å². The zero-order valence-corrected chi connectivity index (χ0v) is 17.4. The molecule has 2 atom stereocenters. The van der Waals surface area contributed by atoms with E-state index in [2.05, 4.69) is 14.9 Å². The van der Waals surface area contributed by atoms with E-state index in [-0.39, 0.29) is 23.8 Å². The van der Waals surface area contributed by atoms with Crippen molar-refractivity contribution in [3.05, 3.63) is 48.7 Å². The molecule has 9 heteroatoms. The van der Waals surface area contributed by atoms with Crippen LogP contribution in [0.1, 0.15) is 19.8 Å². The minimum absolute atomic E-state index is 0.0290. The van der Waals surface area contributed by atoms with Crippen LogP contribution in [0, 0.1) is 5.82 Å². The molecule has 4 heterocycles. The number of hydrogen-bond acceptors (Lipinski definition) is 6. The number of carbonyl (C=O) groups excluding carboxylic acids is 1. The van der Waals surface area contributed by atoms with Crippen LogP contribution >= 0.6 is 0 Å². The number of rotatable bonds is 4. The quantitative estimate of drug-likeness (QED) is 0.644. The summed E-state index contributed by atoms with van der Waals surface area (Å²) in [7, 11) is 1.75. The van der Waals surface area contributed by atoms with Gasteiger partial charge in [0.1, 0.15) is 23.4 Å². The summed E-state index contributed by atoms with van der Waals surface area (Å²) in [5.41, 5.74) is 1.30. The Balaban J connectivity index is 1.63. The summed E-state index contributed by atoms with van der Waals surface area (Å²) in [4.78, 5) is 30.5. The van der Waals surface area contributed by atoms with Gasteiger partial charge >= 0.3 is 0 Å². The molecule has 0 radical (unpaired) electrons. The first-order chi connectivity index (χ1) is 15.1. The van der Waals surface area contributed by atoms with Crippen LogP contribution in [0.5, 0.6) is 0 Å². The van der Waals surface area contributed by atoms with Gasteiger partial charge in [-0.05, 0) is 25.0 Å². The molecule has 0 bridgehead atoms. The third-order valence-electron chi connectivity index (χ3n) is 5.92. The Labute approximate surface area is 179 Å². The highest BCUT2D eigenvalue weighted by Gasteiger charge is 2.41. The molecule has 0 spiro atoms. The third kappa shape index (κ3) is 3.25. The molecule has 31 heavy (non-hydrogen) atoms. The second-order valence-electron chi connectivity index (χ2n) is 7.76. The Hall–Kier alpha value is -3.33. The van der Waals surface area contributed by atoms with Crippen molar-refractivity contribution in [2.24, 2.45) is 0 Å². The maximum atomic E-state index is 13.8. The topological polar surface area (TPSA) is 76.4 Å². The van der Waals surface area contributed by atoms with Gasteiger partial charge in [-0.3, -0.25) is 9.36 Å². The van der Waals surface area contributed by atoms with E-state index in [1.54, 1.807) is 47.2 Å². The van der Waals surface area contributed by atoms with Gasteiger partial charge in [-0.2, -0.15) is 4.98 Å². The van der Waals surface area contributed by atoms with Gasteiger partial charge in [0, 0.05) is 31.6 Å². The van der Waals surface area contributed by atoms with E-state index >= 15 is 0 Å². The van der Waals surface area contributed by atoms with Crippen molar-refractivity contribution in [1.82, 2.24) is 19.5 Å². The van der Waals surface area contributed by atoms with Crippen LogP contribution < -0.4 is 9.80 Å². The van der Waals surface area contributed by atoms with E-state index in [4.69, 9.17) is 9.72 Å². The second kappa shape index (κ2) is 7.73. The summed E-state index contributed by atoms with van der Waals surface area (Å²) < 4.78 is 21.1. The molecule has 3 aromatic rings. The molecule has 0 aliphatic carbocycles. The summed E-state index contributed by atoms with van der Waals surface area (Å²) in [5.74, 6) is 1.35. The molecular formula is C22H23FN6O2. The van der Waals surface area contributed by atoms with E-state index in [0.717, 1.165) is 6.42 Å². The minimum Gasteiger partial charge on any atom is -0.379 e. The van der Waals surface area contributed by atoms with E-state index in [1.807, 2.05) is 6.92 Å². The maximum Gasteiger partial charge on any atom is 0.249 e. The molecule has 160 valence electrons. The largest absolute Gasteiger partial charge is 0.379 e. The van der Waals surface area contributed by atoms with Gasteiger partial charge in [-0.15, -0.1) is 0 Å². The summed E-state index contributed by atoms with van der Waals surface area (Å²) >= 11 is 0. The standard InChI is InChI=1S/C22H23FN6O2/c1-3-17-21(30)27(2)18-12-25-22(26-20(18)29(17)16-7-10-31-13-16)28-9-8-24-19(28)14-5-4-6-15(23)11-14/h4-6,8-9,11-12,16-17H,3,7,10,13H2,1-2H3/t16?,17-/m1/s1. The number of halogens is 1. The fourth-order valence-corrected chi connectivity index (χ4v) is 4.36. The fraction of sp³-hybridized carbons (Fsp3) is 0.364. The number of likely N-dealkylation sites (N-methyl/N-ethyl adjacent to an activating group) is 1. The van der Waals surface area contributed by atoms with E-state index < -0.39 is 0 Å². The average Bonchev–Trinajstić information content (AvgIpc) is 3.48. The number of imidazole rings is 1. The number of aromatic nitrogens is 4. The van der Waals surface area contributed by atoms with Crippen molar-refractivity contribution < 1.29 is 13.9 Å². The molecule has 1 fully saturated rings. The van der Waals surface area contributed by atoms with E-state index in [0.29, 0.717) is 48.5 Å². The Kier molecular flexibility index (Phi) is 4.90. The van der Waals surface area contributed by atoms with Gasteiger partial charge in [0.15, 0.2) is 5.82 Å². The smallest absolute Gasteiger partial charge is 0.249 e. The van der Waals surface area contributed by atoms with Crippen molar-refractivity contribution in [2.75, 3.05) is 30.1 Å². The van der Waals surface area contributed by atoms with Crippen molar-refractivity contribution in [3.8, 4) is 17.3 Å². The molecule has 1 amide bonds. The zero-order valence-electron chi connectivity index (χ0n) is 17.4. The summed E-state index contributed by atoms with van der Waals surface area (Å²) in [6, 6.07) is 6.03. The monoisotopic (exact) mass is 422 g/mol. The number of benzene rings is 1. The molecule has 2 aliphatic rings. The van der Waals surface area contributed by atoms with Gasteiger partial charge in [0.05, 0.1) is 18.8 Å². The normalized spacial score (nSPS) is 20.9. The predicted molar refractivity (Wildman–Crippen MR) is 114 cm³/mol. The molecule has 0 saturated carbocycles. The van der Waals surface area contributed by atoms with Crippen LogP contribution in [0.3, 0.4) is 0 Å². The van der Waals surface area contributed by atoms with Gasteiger partial charge in [0.2, 0.25) is 11.9 Å². The zero-order chi connectivity index (χ0) is 21.5. The molecular weight excluding hydrogens is 399 g/mol. The van der Waals surface area contributed by atoms with Crippen LogP contribution in [-0.2, 0) is 9.53 Å². The van der Waals surface area contributed by atoms with Crippen molar-refractivity contribution >= 4 is 17.4 Å². The molecule has 1 unspecified atom stereocenters. The van der Waals surface area contributed by atoms with Crippen molar-refractivity contribution in [3.63, 3.8) is 0 Å².